The first-order chi connectivity index (χ1) is 6.67. The molecule has 0 bridgehead atoms. The van der Waals surface area contributed by atoms with Crippen molar-refractivity contribution in [2.24, 2.45) is 10.7 Å². The summed E-state index contributed by atoms with van der Waals surface area (Å²) >= 11 is 0. The first-order valence-corrected chi connectivity index (χ1v) is 4.38. The van der Waals surface area contributed by atoms with Gasteiger partial charge in [0.15, 0.2) is 5.88 Å². The molecule has 0 aliphatic heterocycles. The lowest BCUT2D eigenvalue weighted by molar-refractivity contribution is -0.138. The average molecular weight is 200 g/mol. The molecule has 0 saturated carbocycles. The number of carbonyl (C=O) groups excluding carboxylic acids is 1. The van der Waals surface area contributed by atoms with E-state index in [-0.39, 0.29) is 11.5 Å². The van der Waals surface area contributed by atoms with Crippen LogP contribution in [-0.4, -0.2) is 32.4 Å². The highest BCUT2D eigenvalue weighted by molar-refractivity contribution is 6.09. The van der Waals surface area contributed by atoms with E-state index in [2.05, 4.69) is 4.99 Å². The summed E-state index contributed by atoms with van der Waals surface area (Å²) in [5.74, 6) is -0.510. The third kappa shape index (κ3) is 3.93. The van der Waals surface area contributed by atoms with Gasteiger partial charge in [-0.25, -0.2) is 4.79 Å². The summed E-state index contributed by atoms with van der Waals surface area (Å²) in [6, 6.07) is 0. The van der Waals surface area contributed by atoms with Crippen molar-refractivity contribution in [2.45, 2.75) is 13.8 Å². The van der Waals surface area contributed by atoms with Crippen molar-refractivity contribution in [3.63, 3.8) is 0 Å². The molecule has 5 heteroatoms. The fourth-order valence-electron chi connectivity index (χ4n) is 0.718. The predicted molar refractivity (Wildman–Crippen MR) is 53.9 cm³/mol. The Labute approximate surface area is 83.6 Å². The minimum atomic E-state index is -0.524. The topological polar surface area (TPSA) is 73.9 Å². The van der Waals surface area contributed by atoms with Crippen LogP contribution >= 0.6 is 0 Å². The zero-order valence-corrected chi connectivity index (χ0v) is 8.74. The molecule has 0 aliphatic carbocycles. The van der Waals surface area contributed by atoms with Crippen molar-refractivity contribution in [1.29, 1.82) is 0 Å². The lowest BCUT2D eigenvalue weighted by atomic mass is 10.3. The van der Waals surface area contributed by atoms with Gasteiger partial charge in [0.1, 0.15) is 5.57 Å². The summed E-state index contributed by atoms with van der Waals surface area (Å²) in [4.78, 5) is 15.2. The summed E-state index contributed by atoms with van der Waals surface area (Å²) in [6.07, 6.45) is 1.36. The number of esters is 1. The summed E-state index contributed by atoms with van der Waals surface area (Å²) in [7, 11) is 1.38. The number of hydrogen-bond donors (Lipinski definition) is 1. The van der Waals surface area contributed by atoms with Crippen molar-refractivity contribution in [3.05, 3.63) is 11.5 Å². The lowest BCUT2D eigenvalue weighted by Crippen LogP contribution is -2.16. The second kappa shape index (κ2) is 6.94. The van der Waals surface area contributed by atoms with E-state index in [0.29, 0.717) is 13.2 Å². The van der Waals surface area contributed by atoms with Crippen LogP contribution in [-0.2, 0) is 14.3 Å². The third-order valence-corrected chi connectivity index (χ3v) is 1.38. The van der Waals surface area contributed by atoms with E-state index >= 15 is 0 Å². The largest absolute Gasteiger partial charge is 0.482 e. The van der Waals surface area contributed by atoms with Crippen molar-refractivity contribution in [1.82, 2.24) is 0 Å². The molecule has 0 radical (unpaired) electrons. The van der Waals surface area contributed by atoms with E-state index < -0.39 is 5.97 Å². The Kier molecular flexibility index (Phi) is 6.19. The molecule has 0 saturated heterocycles. The number of nitrogens with two attached hydrogens (primary N) is 1. The van der Waals surface area contributed by atoms with E-state index in [0.717, 1.165) is 0 Å². The highest BCUT2D eigenvalue weighted by atomic mass is 16.5. The normalized spacial score (nSPS) is 12.5. The van der Waals surface area contributed by atoms with Gasteiger partial charge in [-0.2, -0.15) is 0 Å². The maximum Gasteiger partial charge on any atom is 0.345 e. The molecule has 0 amide bonds. The molecule has 80 valence electrons. The molecule has 0 aliphatic rings. The van der Waals surface area contributed by atoms with Crippen LogP contribution in [0, 0.1) is 0 Å². The van der Waals surface area contributed by atoms with Gasteiger partial charge < -0.3 is 15.2 Å². The SMILES string of the molecule is CCN=CC(C(=O)OCC)=C(N)OC. The minimum Gasteiger partial charge on any atom is -0.482 e. The molecule has 0 aromatic carbocycles. The fourth-order valence-corrected chi connectivity index (χ4v) is 0.718. The van der Waals surface area contributed by atoms with E-state index in [1.54, 1.807) is 6.92 Å². The molecule has 0 rings (SSSR count). The Balaban J connectivity index is 4.73. The molecule has 0 atom stereocenters. The Morgan fingerprint density at radius 2 is 2.14 bits per heavy atom. The van der Waals surface area contributed by atoms with E-state index in [1.807, 2.05) is 6.92 Å². The molecule has 0 aromatic rings. The van der Waals surface area contributed by atoms with Crippen LogP contribution in [0.2, 0.25) is 0 Å². The van der Waals surface area contributed by atoms with Crippen LogP contribution in [0.4, 0.5) is 0 Å². The van der Waals surface area contributed by atoms with Crippen LogP contribution in [0.15, 0.2) is 16.4 Å². The monoisotopic (exact) mass is 200 g/mol. The van der Waals surface area contributed by atoms with Gasteiger partial charge in [0.05, 0.1) is 13.7 Å². The quantitative estimate of drug-likeness (QED) is 0.303. The Hall–Kier alpha value is -1.52. The number of nitrogens with zero attached hydrogens (tertiary/aromatic N) is 1. The number of methoxy groups -OCH3 is 1. The minimum absolute atomic E-state index is 0.0145. The van der Waals surface area contributed by atoms with Crippen LogP contribution in [0.1, 0.15) is 13.8 Å². The predicted octanol–water partition coefficient (Wildman–Crippen LogP) is 0.457. The molecule has 0 unspecified atom stereocenters. The second-order valence-electron chi connectivity index (χ2n) is 2.33. The highest BCUT2D eigenvalue weighted by Gasteiger charge is 2.13. The average Bonchev–Trinajstić information content (AvgIpc) is 2.18. The molecule has 0 spiro atoms. The molecule has 2 N–H and O–H groups in total. The molecule has 0 aromatic heterocycles. The zero-order chi connectivity index (χ0) is 11.0. The van der Waals surface area contributed by atoms with E-state index in [4.69, 9.17) is 15.2 Å². The Bertz CT molecular complexity index is 246. The van der Waals surface area contributed by atoms with Gasteiger partial charge in [-0.05, 0) is 13.8 Å². The van der Waals surface area contributed by atoms with Gasteiger partial charge in [-0.1, -0.05) is 0 Å². The summed E-state index contributed by atoms with van der Waals surface area (Å²) in [6.45, 7) is 4.43. The van der Waals surface area contributed by atoms with Gasteiger partial charge >= 0.3 is 5.97 Å². The van der Waals surface area contributed by atoms with Gasteiger partial charge in [-0.15, -0.1) is 0 Å². The van der Waals surface area contributed by atoms with Crippen molar-refractivity contribution < 1.29 is 14.3 Å². The number of ether oxygens (including phenoxy) is 2. The van der Waals surface area contributed by atoms with Crippen LogP contribution in [0.5, 0.6) is 0 Å². The van der Waals surface area contributed by atoms with Crippen LogP contribution in [0.25, 0.3) is 0 Å². The standard InChI is InChI=1S/C9H16N2O3/c1-4-11-6-7(8(10)13-3)9(12)14-5-2/h6H,4-5,10H2,1-3H3. The molecule has 0 fully saturated rings. The summed E-state index contributed by atoms with van der Waals surface area (Å²) in [5, 5.41) is 0. The fraction of sp³-hybridized carbons (Fsp3) is 0.556. The molecule has 14 heavy (non-hydrogen) atoms. The molecule has 0 heterocycles. The van der Waals surface area contributed by atoms with Crippen molar-refractivity contribution in [3.8, 4) is 0 Å². The summed E-state index contributed by atoms with van der Waals surface area (Å²) in [5.41, 5.74) is 5.60. The smallest absolute Gasteiger partial charge is 0.345 e. The number of hydrogen-bond acceptors (Lipinski definition) is 5. The van der Waals surface area contributed by atoms with Gasteiger partial charge in [-0.3, -0.25) is 4.99 Å². The molecular weight excluding hydrogens is 184 g/mol. The van der Waals surface area contributed by atoms with Crippen LogP contribution < -0.4 is 5.73 Å². The van der Waals surface area contributed by atoms with Crippen molar-refractivity contribution >= 4 is 12.2 Å². The van der Waals surface area contributed by atoms with Crippen molar-refractivity contribution in [2.75, 3.05) is 20.3 Å². The first-order valence-electron chi connectivity index (χ1n) is 4.38. The lowest BCUT2D eigenvalue weighted by Gasteiger charge is -2.05. The zero-order valence-electron chi connectivity index (χ0n) is 8.74. The van der Waals surface area contributed by atoms with Gasteiger partial charge in [0, 0.05) is 12.8 Å². The van der Waals surface area contributed by atoms with E-state index in [1.165, 1.54) is 13.3 Å². The molecule has 5 nitrogen and oxygen atoms in total. The second-order valence-corrected chi connectivity index (χ2v) is 2.33. The number of aliphatic imine (C=N–C) groups is 1. The maximum absolute atomic E-state index is 11.3. The number of carbonyl (C=O) groups is 1. The van der Waals surface area contributed by atoms with Gasteiger partial charge in [0.25, 0.3) is 0 Å². The highest BCUT2D eigenvalue weighted by Crippen LogP contribution is 2.00. The Morgan fingerprint density at radius 3 is 2.57 bits per heavy atom. The van der Waals surface area contributed by atoms with Gasteiger partial charge in [0.2, 0.25) is 0 Å². The summed E-state index contributed by atoms with van der Waals surface area (Å²) < 4.78 is 9.52. The Morgan fingerprint density at radius 1 is 1.50 bits per heavy atom. The molecular formula is C9H16N2O3. The third-order valence-electron chi connectivity index (χ3n) is 1.38. The number of rotatable bonds is 5. The first kappa shape index (κ1) is 12.5. The van der Waals surface area contributed by atoms with E-state index in [9.17, 15) is 4.79 Å². The maximum atomic E-state index is 11.3. The van der Waals surface area contributed by atoms with Crippen LogP contribution in [0.3, 0.4) is 0 Å².